The van der Waals surface area contributed by atoms with Crippen molar-refractivity contribution >= 4 is 11.6 Å². The first-order valence-electron chi connectivity index (χ1n) is 9.16. The van der Waals surface area contributed by atoms with Crippen LogP contribution in [0, 0.1) is 11.2 Å². The van der Waals surface area contributed by atoms with Crippen LogP contribution in [-0.4, -0.2) is 52.3 Å². The van der Waals surface area contributed by atoms with Gasteiger partial charge in [0.2, 0.25) is 0 Å². The first-order chi connectivity index (χ1) is 12.1. The molecule has 0 aliphatic carbocycles. The molecule has 0 unspecified atom stereocenters. The fraction of sp³-hybridized carbons (Fsp3) is 0.632. The molecule has 0 spiro atoms. The van der Waals surface area contributed by atoms with E-state index in [-0.39, 0.29) is 17.1 Å². The molecular weight excluding hydrogens is 321 g/mol. The summed E-state index contributed by atoms with van der Waals surface area (Å²) in [6.45, 7) is 4.80. The maximum atomic E-state index is 14.4. The average Bonchev–Trinajstić information content (AvgIpc) is 3.15. The van der Waals surface area contributed by atoms with Crippen LogP contribution >= 0.6 is 0 Å². The van der Waals surface area contributed by atoms with Crippen LogP contribution in [0.4, 0.5) is 10.1 Å². The van der Waals surface area contributed by atoms with E-state index in [9.17, 15) is 9.18 Å². The summed E-state index contributed by atoms with van der Waals surface area (Å²) < 4.78 is 19.8. The van der Waals surface area contributed by atoms with Crippen LogP contribution in [0.25, 0.3) is 0 Å². The van der Waals surface area contributed by atoms with Crippen LogP contribution in [0.2, 0.25) is 0 Å². The minimum Gasteiger partial charge on any atom is -0.384 e. The molecule has 2 saturated heterocycles. The molecule has 0 atom stereocenters. The Morgan fingerprint density at radius 2 is 2.04 bits per heavy atom. The molecule has 1 aromatic rings. The van der Waals surface area contributed by atoms with Gasteiger partial charge in [-0.15, -0.1) is 0 Å². The van der Waals surface area contributed by atoms with Gasteiger partial charge in [0.15, 0.2) is 0 Å². The van der Waals surface area contributed by atoms with E-state index >= 15 is 0 Å². The summed E-state index contributed by atoms with van der Waals surface area (Å²) in [6, 6.07) is 4.80. The number of hydrogen-bond acceptors (Lipinski definition) is 4. The van der Waals surface area contributed by atoms with Crippen LogP contribution < -0.4 is 15.5 Å². The average molecular weight is 349 g/mol. The molecule has 5 nitrogen and oxygen atoms in total. The number of hydrogen-bond donors (Lipinski definition) is 2. The van der Waals surface area contributed by atoms with Gasteiger partial charge < -0.3 is 20.3 Å². The summed E-state index contributed by atoms with van der Waals surface area (Å²) in [6.07, 6.45) is 4.11. The summed E-state index contributed by atoms with van der Waals surface area (Å²) in [5.74, 6) is -0.538. The van der Waals surface area contributed by atoms with Crippen molar-refractivity contribution in [3.05, 3.63) is 29.6 Å². The van der Waals surface area contributed by atoms with Crippen LogP contribution in [-0.2, 0) is 4.74 Å². The number of anilines is 1. The lowest BCUT2D eigenvalue weighted by Crippen LogP contribution is -2.47. The monoisotopic (exact) mass is 349 g/mol. The van der Waals surface area contributed by atoms with Gasteiger partial charge in [-0.25, -0.2) is 4.39 Å². The van der Waals surface area contributed by atoms with E-state index in [0.717, 1.165) is 51.9 Å². The summed E-state index contributed by atoms with van der Waals surface area (Å²) in [4.78, 5) is 14.5. The van der Waals surface area contributed by atoms with Crippen molar-refractivity contribution in [2.24, 2.45) is 5.41 Å². The van der Waals surface area contributed by atoms with Gasteiger partial charge in [0.25, 0.3) is 5.91 Å². The van der Waals surface area contributed by atoms with Crippen LogP contribution in [0.3, 0.4) is 0 Å². The third-order valence-electron chi connectivity index (χ3n) is 5.40. The molecule has 6 heteroatoms. The minimum absolute atomic E-state index is 0.0380. The molecule has 2 fully saturated rings. The molecule has 25 heavy (non-hydrogen) atoms. The lowest BCUT2D eigenvalue weighted by atomic mass is 9.79. The molecule has 0 aromatic heterocycles. The number of halogens is 1. The maximum absolute atomic E-state index is 14.4. The molecule has 2 aliphatic rings. The van der Waals surface area contributed by atoms with Crippen molar-refractivity contribution in [3.8, 4) is 0 Å². The fourth-order valence-electron chi connectivity index (χ4n) is 3.87. The molecule has 2 N–H and O–H groups in total. The van der Waals surface area contributed by atoms with E-state index in [1.54, 1.807) is 19.2 Å². The standard InChI is InChI=1S/C19H28FN3O2/c1-25-14-19(6-8-21-9-7-19)13-22-18(24)15-4-5-17(16(20)12-15)23-10-2-3-11-23/h4-5,12,21H,2-3,6-11,13-14H2,1H3,(H,22,24). The van der Waals surface area contributed by atoms with Crippen LogP contribution in [0.5, 0.6) is 0 Å². The smallest absolute Gasteiger partial charge is 0.251 e. The fourth-order valence-corrected chi connectivity index (χ4v) is 3.87. The SMILES string of the molecule is COCC1(CNC(=O)c2ccc(N3CCCC3)c(F)c2)CCNCC1. The van der Waals surface area contributed by atoms with E-state index in [4.69, 9.17) is 4.74 Å². The highest BCUT2D eigenvalue weighted by Gasteiger charge is 2.32. The lowest BCUT2D eigenvalue weighted by Gasteiger charge is -2.37. The highest BCUT2D eigenvalue weighted by Crippen LogP contribution is 2.29. The third kappa shape index (κ3) is 4.30. The van der Waals surface area contributed by atoms with Crippen molar-refractivity contribution in [2.75, 3.05) is 51.3 Å². The van der Waals surface area contributed by atoms with Crippen molar-refractivity contribution in [1.29, 1.82) is 0 Å². The number of methoxy groups -OCH3 is 1. The zero-order valence-electron chi connectivity index (χ0n) is 14.9. The highest BCUT2D eigenvalue weighted by atomic mass is 19.1. The number of nitrogens with zero attached hydrogens (tertiary/aromatic N) is 1. The van der Waals surface area contributed by atoms with Gasteiger partial charge in [-0.1, -0.05) is 0 Å². The molecule has 2 heterocycles. The quantitative estimate of drug-likeness (QED) is 0.827. The molecule has 0 radical (unpaired) electrons. The van der Waals surface area contributed by atoms with Gasteiger partial charge in [0.1, 0.15) is 5.82 Å². The van der Waals surface area contributed by atoms with E-state index in [0.29, 0.717) is 24.4 Å². The van der Waals surface area contributed by atoms with Gasteiger partial charge in [0, 0.05) is 37.7 Å². The van der Waals surface area contributed by atoms with Crippen molar-refractivity contribution in [1.82, 2.24) is 10.6 Å². The van der Waals surface area contributed by atoms with Crippen LogP contribution in [0.15, 0.2) is 18.2 Å². The number of rotatable bonds is 6. The van der Waals surface area contributed by atoms with Crippen molar-refractivity contribution in [3.63, 3.8) is 0 Å². The minimum atomic E-state index is -0.317. The number of benzene rings is 1. The largest absolute Gasteiger partial charge is 0.384 e. The number of piperidine rings is 1. The van der Waals surface area contributed by atoms with Gasteiger partial charge in [-0.2, -0.15) is 0 Å². The lowest BCUT2D eigenvalue weighted by molar-refractivity contribution is 0.0511. The van der Waals surface area contributed by atoms with E-state index < -0.39 is 0 Å². The Balaban J connectivity index is 1.63. The van der Waals surface area contributed by atoms with E-state index in [2.05, 4.69) is 10.6 Å². The Morgan fingerprint density at radius 3 is 2.68 bits per heavy atom. The molecule has 138 valence electrons. The Morgan fingerprint density at radius 1 is 1.32 bits per heavy atom. The summed E-state index contributed by atoms with van der Waals surface area (Å²) in [7, 11) is 1.69. The molecular formula is C19H28FN3O2. The van der Waals surface area contributed by atoms with Crippen molar-refractivity contribution < 1.29 is 13.9 Å². The van der Waals surface area contributed by atoms with Crippen LogP contribution in [0.1, 0.15) is 36.0 Å². The van der Waals surface area contributed by atoms with Gasteiger partial charge >= 0.3 is 0 Å². The molecule has 0 saturated carbocycles. The number of nitrogens with one attached hydrogen (secondary N) is 2. The van der Waals surface area contributed by atoms with E-state index in [1.165, 1.54) is 6.07 Å². The summed E-state index contributed by atoms with van der Waals surface area (Å²) in [5, 5.41) is 6.32. The maximum Gasteiger partial charge on any atom is 0.251 e. The second-order valence-corrected chi connectivity index (χ2v) is 7.23. The number of carbonyl (C=O) groups excluding carboxylic acids is 1. The normalized spacial score (nSPS) is 19.8. The number of carbonyl (C=O) groups is 1. The topological polar surface area (TPSA) is 53.6 Å². The first-order valence-corrected chi connectivity index (χ1v) is 9.16. The molecule has 1 aromatic carbocycles. The summed E-state index contributed by atoms with van der Waals surface area (Å²) in [5.41, 5.74) is 0.939. The number of amides is 1. The van der Waals surface area contributed by atoms with Gasteiger partial charge in [0.05, 0.1) is 12.3 Å². The van der Waals surface area contributed by atoms with E-state index in [1.807, 2.05) is 4.90 Å². The Kier molecular flexibility index (Phi) is 5.91. The second-order valence-electron chi connectivity index (χ2n) is 7.23. The van der Waals surface area contributed by atoms with Crippen molar-refractivity contribution in [2.45, 2.75) is 25.7 Å². The first kappa shape index (κ1) is 18.1. The zero-order valence-corrected chi connectivity index (χ0v) is 14.9. The highest BCUT2D eigenvalue weighted by molar-refractivity contribution is 5.94. The molecule has 1 amide bonds. The second kappa shape index (κ2) is 8.15. The predicted molar refractivity (Wildman–Crippen MR) is 96.6 cm³/mol. The molecule has 3 rings (SSSR count). The Labute approximate surface area is 148 Å². The number of ether oxygens (including phenoxy) is 1. The zero-order chi connectivity index (χ0) is 17.7. The molecule has 2 aliphatic heterocycles. The third-order valence-corrected chi connectivity index (χ3v) is 5.40. The molecule has 0 bridgehead atoms. The Bertz CT molecular complexity index is 591. The predicted octanol–water partition coefficient (Wildman–Crippen LogP) is 2.17. The van der Waals surface area contributed by atoms with Gasteiger partial charge in [-0.3, -0.25) is 4.79 Å². The summed E-state index contributed by atoms with van der Waals surface area (Å²) >= 11 is 0. The van der Waals surface area contributed by atoms with Gasteiger partial charge in [-0.05, 0) is 57.0 Å². The Hall–Kier alpha value is -1.66.